The summed E-state index contributed by atoms with van der Waals surface area (Å²) in [5, 5.41) is 6.82. The first-order valence-electron chi connectivity index (χ1n) is 7.91. The summed E-state index contributed by atoms with van der Waals surface area (Å²) in [4.78, 5) is 13.3. The van der Waals surface area contributed by atoms with Gasteiger partial charge in [0.25, 0.3) is 0 Å². The Labute approximate surface area is 147 Å². The zero-order valence-corrected chi connectivity index (χ0v) is 15.5. The van der Waals surface area contributed by atoms with Gasteiger partial charge < -0.3 is 21.1 Å². The van der Waals surface area contributed by atoms with Gasteiger partial charge in [0, 0.05) is 12.5 Å². The van der Waals surface area contributed by atoms with Crippen LogP contribution in [0.15, 0.2) is 22.8 Å². The second kappa shape index (κ2) is 7.25. The molecule has 1 aliphatic heterocycles. The molecule has 0 amide bonds. The number of halogens is 1. The first-order valence-corrected chi connectivity index (χ1v) is 8.29. The summed E-state index contributed by atoms with van der Waals surface area (Å²) in [6, 6.07) is 0.129. The summed E-state index contributed by atoms with van der Waals surface area (Å²) in [5.41, 5.74) is 7.17. The van der Waals surface area contributed by atoms with Crippen LogP contribution in [0, 0.1) is 0 Å². The van der Waals surface area contributed by atoms with Gasteiger partial charge in [-0.1, -0.05) is 11.6 Å². The number of aliphatic imine (C=N–C) groups is 1. The zero-order valence-electron chi connectivity index (χ0n) is 14.8. The quantitative estimate of drug-likeness (QED) is 0.672. The Morgan fingerprint density at radius 1 is 1.46 bits per heavy atom. The van der Waals surface area contributed by atoms with E-state index in [0.717, 1.165) is 12.1 Å². The molecule has 7 nitrogen and oxygen atoms in total. The Hall–Kier alpha value is -2.02. The molecule has 1 atom stereocenters. The van der Waals surface area contributed by atoms with E-state index in [0.29, 0.717) is 29.1 Å². The van der Waals surface area contributed by atoms with Crippen LogP contribution in [0.5, 0.6) is 0 Å². The van der Waals surface area contributed by atoms with E-state index in [1.165, 1.54) is 0 Å². The Bertz CT molecular complexity index is 665. The fourth-order valence-corrected chi connectivity index (χ4v) is 2.40. The van der Waals surface area contributed by atoms with Crippen LogP contribution in [-0.2, 0) is 4.74 Å². The molecule has 1 aliphatic rings. The van der Waals surface area contributed by atoms with Gasteiger partial charge in [-0.25, -0.2) is 4.98 Å². The standard InChI is InChI=1S/C16H25ClN6O/c1-9-6-7-24-13(18)12(10(2)23-16(3,4)5)21-15-19-8-11(17)14(20-9)22-15/h8-9H,6-7,18H2,1-5H3,(H2,19,20,21,22)/t9-/m1/s1. The van der Waals surface area contributed by atoms with Crippen molar-refractivity contribution in [2.75, 3.05) is 17.2 Å². The Kier molecular flexibility index (Phi) is 5.54. The summed E-state index contributed by atoms with van der Waals surface area (Å²) in [6.45, 7) is 10.4. The largest absolute Gasteiger partial charge is 0.478 e. The molecule has 2 bridgehead atoms. The minimum absolute atomic E-state index is 0.129. The fraction of sp³-hybridized carbons (Fsp3) is 0.562. The van der Waals surface area contributed by atoms with Crippen LogP contribution in [0.25, 0.3) is 0 Å². The summed E-state index contributed by atoms with van der Waals surface area (Å²) >= 11 is 6.16. The van der Waals surface area contributed by atoms with Crippen LogP contribution < -0.4 is 16.4 Å². The predicted octanol–water partition coefficient (Wildman–Crippen LogP) is 3.15. The molecule has 0 saturated carbocycles. The Balaban J connectivity index is 2.46. The number of nitrogens with one attached hydrogen (secondary N) is 2. The molecule has 0 radical (unpaired) electrons. The second-order valence-electron chi connectivity index (χ2n) is 6.80. The van der Waals surface area contributed by atoms with Crippen LogP contribution in [0.1, 0.15) is 41.0 Å². The summed E-state index contributed by atoms with van der Waals surface area (Å²) in [5.74, 6) is 1.22. The van der Waals surface area contributed by atoms with E-state index < -0.39 is 0 Å². The lowest BCUT2D eigenvalue weighted by Gasteiger charge is -2.18. The normalized spacial score (nSPS) is 19.8. The minimum Gasteiger partial charge on any atom is -0.478 e. The molecule has 0 fully saturated rings. The number of rotatable bonds is 1. The molecular formula is C16H25ClN6O. The fourth-order valence-electron chi connectivity index (χ4n) is 2.25. The maximum Gasteiger partial charge on any atom is 0.229 e. The molecule has 132 valence electrons. The van der Waals surface area contributed by atoms with Crippen molar-refractivity contribution in [3.63, 3.8) is 0 Å². The maximum absolute atomic E-state index is 6.16. The number of ether oxygens (including phenoxy) is 1. The van der Waals surface area contributed by atoms with Crippen molar-refractivity contribution in [3.05, 3.63) is 22.8 Å². The van der Waals surface area contributed by atoms with E-state index >= 15 is 0 Å². The van der Waals surface area contributed by atoms with Crippen LogP contribution in [0.2, 0.25) is 5.02 Å². The third-order valence-corrected chi connectivity index (χ3v) is 3.56. The van der Waals surface area contributed by atoms with Crippen molar-refractivity contribution in [3.8, 4) is 0 Å². The maximum atomic E-state index is 6.16. The van der Waals surface area contributed by atoms with Gasteiger partial charge in [-0.05, 0) is 34.6 Å². The molecule has 0 saturated heterocycles. The highest BCUT2D eigenvalue weighted by Crippen LogP contribution is 2.23. The van der Waals surface area contributed by atoms with Crippen LogP contribution >= 0.6 is 11.6 Å². The van der Waals surface area contributed by atoms with Crippen LogP contribution in [0.4, 0.5) is 11.8 Å². The molecule has 2 rings (SSSR count). The average molecular weight is 353 g/mol. The van der Waals surface area contributed by atoms with Crippen molar-refractivity contribution >= 4 is 29.1 Å². The molecule has 0 aliphatic carbocycles. The average Bonchev–Trinajstić information content (AvgIpc) is 2.47. The third-order valence-electron chi connectivity index (χ3n) is 3.28. The number of nitrogens with zero attached hydrogens (tertiary/aromatic N) is 3. The smallest absolute Gasteiger partial charge is 0.229 e. The molecule has 0 unspecified atom stereocenters. The predicted molar refractivity (Wildman–Crippen MR) is 98.4 cm³/mol. The van der Waals surface area contributed by atoms with E-state index in [-0.39, 0.29) is 17.5 Å². The number of fused-ring (bicyclic) bond motifs is 2. The lowest BCUT2D eigenvalue weighted by atomic mass is 10.1. The van der Waals surface area contributed by atoms with E-state index in [2.05, 4.69) is 25.6 Å². The monoisotopic (exact) mass is 352 g/mol. The van der Waals surface area contributed by atoms with Crippen LogP contribution in [-0.4, -0.2) is 33.9 Å². The van der Waals surface area contributed by atoms with E-state index in [4.69, 9.17) is 22.1 Å². The van der Waals surface area contributed by atoms with Crippen molar-refractivity contribution in [2.45, 2.75) is 52.6 Å². The molecule has 0 aromatic carbocycles. The lowest BCUT2D eigenvalue weighted by molar-refractivity contribution is 0.200. The van der Waals surface area contributed by atoms with Gasteiger partial charge in [0.2, 0.25) is 11.8 Å². The minimum atomic E-state index is -0.243. The highest BCUT2D eigenvalue weighted by molar-refractivity contribution is 6.32. The summed E-state index contributed by atoms with van der Waals surface area (Å²) in [7, 11) is 0. The van der Waals surface area contributed by atoms with Crippen molar-refractivity contribution in [1.29, 1.82) is 0 Å². The Morgan fingerprint density at radius 2 is 2.17 bits per heavy atom. The lowest BCUT2D eigenvalue weighted by Crippen LogP contribution is -2.23. The molecule has 2 heterocycles. The first kappa shape index (κ1) is 18.3. The van der Waals surface area contributed by atoms with E-state index in [1.807, 2.05) is 34.6 Å². The van der Waals surface area contributed by atoms with Gasteiger partial charge >= 0.3 is 0 Å². The molecular weight excluding hydrogens is 328 g/mol. The number of nitrogens with two attached hydrogens (primary N) is 1. The molecule has 1 aromatic rings. The van der Waals surface area contributed by atoms with Gasteiger partial charge in [-0.2, -0.15) is 4.98 Å². The van der Waals surface area contributed by atoms with Gasteiger partial charge in [0.15, 0.2) is 5.82 Å². The molecule has 4 N–H and O–H groups in total. The van der Waals surface area contributed by atoms with Gasteiger partial charge in [-0.3, -0.25) is 4.99 Å². The molecule has 0 spiro atoms. The SMILES string of the molecule is CC(=NC(C)(C)C)C1=C(N)OCC[C@@H](C)Nc2nc(ncc2Cl)N1. The highest BCUT2D eigenvalue weighted by atomic mass is 35.5. The number of anilines is 2. The highest BCUT2D eigenvalue weighted by Gasteiger charge is 2.18. The number of aromatic nitrogens is 2. The topological polar surface area (TPSA) is 97.5 Å². The van der Waals surface area contributed by atoms with Gasteiger partial charge in [0.1, 0.15) is 10.7 Å². The molecule has 1 aromatic heterocycles. The zero-order chi connectivity index (χ0) is 17.9. The third kappa shape index (κ3) is 4.99. The van der Waals surface area contributed by atoms with Gasteiger partial charge in [0.05, 0.1) is 24.1 Å². The molecule has 24 heavy (non-hydrogen) atoms. The first-order chi connectivity index (χ1) is 11.2. The molecule has 8 heteroatoms. The Morgan fingerprint density at radius 3 is 2.83 bits per heavy atom. The number of allylic oxidation sites excluding steroid dienone is 1. The summed E-state index contributed by atoms with van der Waals surface area (Å²) in [6.07, 6.45) is 2.30. The van der Waals surface area contributed by atoms with Crippen LogP contribution in [0.3, 0.4) is 0 Å². The van der Waals surface area contributed by atoms with Crippen molar-refractivity contribution in [2.24, 2.45) is 10.7 Å². The van der Waals surface area contributed by atoms with E-state index in [9.17, 15) is 0 Å². The van der Waals surface area contributed by atoms with Crippen molar-refractivity contribution in [1.82, 2.24) is 9.97 Å². The van der Waals surface area contributed by atoms with Crippen molar-refractivity contribution < 1.29 is 4.74 Å². The number of hydrogen-bond acceptors (Lipinski definition) is 7. The van der Waals surface area contributed by atoms with Gasteiger partial charge in [-0.15, -0.1) is 0 Å². The second-order valence-corrected chi connectivity index (χ2v) is 7.21. The summed E-state index contributed by atoms with van der Waals surface area (Å²) < 4.78 is 5.69. The van der Waals surface area contributed by atoms with E-state index in [1.54, 1.807) is 6.20 Å². The number of hydrogen-bond donors (Lipinski definition) is 3.